The summed E-state index contributed by atoms with van der Waals surface area (Å²) in [5.41, 5.74) is 0. The fraction of sp³-hybridized carbons (Fsp3) is 0.571. The van der Waals surface area contributed by atoms with Gasteiger partial charge in [-0.2, -0.15) is 0 Å². The van der Waals surface area contributed by atoms with Crippen LogP contribution in [0.3, 0.4) is 0 Å². The van der Waals surface area contributed by atoms with Gasteiger partial charge in [0.15, 0.2) is 12.6 Å². The average molecular weight is 1160 g/mol. The predicted octanol–water partition coefficient (Wildman–Crippen LogP) is 4.18. The van der Waals surface area contributed by atoms with Gasteiger partial charge in [-0.1, -0.05) is 89.2 Å². The van der Waals surface area contributed by atoms with Gasteiger partial charge in [-0.05, 0) is 121 Å². The second kappa shape index (κ2) is 41.3. The topological polar surface area (TPSA) is 298 Å². The molecule has 1 saturated carbocycles. The molecule has 18 heteroatoms. The quantitative estimate of drug-likeness (QED) is 0.0347. The lowest BCUT2D eigenvalue weighted by atomic mass is 9.80. The Morgan fingerprint density at radius 2 is 0.988 bits per heavy atom. The van der Waals surface area contributed by atoms with E-state index in [0.717, 1.165) is 25.7 Å². The number of amides is 1. The standard InChI is InChI=1S/C63H71NO17.24H2/c1-3-5-7-9-11-13-15-17-18-19-20-21-22-23-24-25-26-28-30-32-34-36-38-40-52(69)64-47(48(68)39-37-35-33-31-29-27-16-14-12-10-8-6-4-2)45-77-49-41-46(42-65)60(57(74)53(49)70)80-63-59(76)61(55(72)51(44-67)79-63)81-62-58(75)56(73)54(71)50(43-66)78-62;;;;;;;;;;;;;;;;;;;;;;;;/h37,39,46-51,53-63,65-68,70-76H,4,6,8,10,12,14,16,27,29,31,33,35,41-45H2,1-2H3,(H,64,69);24*1H/b39-37+;;;;;;;;;;;;;;;;;;;;;;;;/t46?,47-,48+,49?,50?,51?,53?,54?,55?,56?,57?,58?,59?,60?,61?,62?,63?;;;;;;;;;;;;;;;;;;;;;;;;/m0......................../s1. The summed E-state index contributed by atoms with van der Waals surface area (Å²) in [5, 5.41) is 120. The molecule has 0 aromatic carbocycles. The summed E-state index contributed by atoms with van der Waals surface area (Å²) in [7, 11) is 0. The van der Waals surface area contributed by atoms with Gasteiger partial charge >= 0.3 is 0 Å². The molecule has 2 aliphatic heterocycles. The second-order valence-corrected chi connectivity index (χ2v) is 18.6. The number of carbonyl (C=O) groups excluding carboxylic acids is 1. The molecule has 1 amide bonds. The van der Waals surface area contributed by atoms with Crippen molar-refractivity contribution in [1.29, 1.82) is 0 Å². The van der Waals surface area contributed by atoms with Crippen LogP contribution < -0.4 is 5.32 Å². The van der Waals surface area contributed by atoms with Crippen LogP contribution in [0, 0.1) is 148 Å². The fourth-order valence-corrected chi connectivity index (χ4v) is 8.35. The van der Waals surface area contributed by atoms with Crippen LogP contribution in [0.5, 0.6) is 0 Å². The minimum absolute atomic E-state index is 0. The summed E-state index contributed by atoms with van der Waals surface area (Å²) in [4.78, 5) is 13.0. The Balaban J connectivity index is -0.000000144. The van der Waals surface area contributed by atoms with E-state index < -0.39 is 136 Å². The molecule has 3 fully saturated rings. The molecule has 1 aliphatic carbocycles. The van der Waals surface area contributed by atoms with Crippen LogP contribution >= 0.6 is 0 Å². The summed E-state index contributed by atoms with van der Waals surface area (Å²) in [6.45, 7) is 1.14. The number of aliphatic hydroxyl groups excluding tert-OH is 11. The van der Waals surface area contributed by atoms with Crippen molar-refractivity contribution in [3.63, 3.8) is 0 Å². The predicted molar refractivity (Wildman–Crippen MR) is 346 cm³/mol. The first-order chi connectivity index (χ1) is 39.3. The Hall–Kier alpha value is -6.71. The molecular formula is C63H119NO17. The summed E-state index contributed by atoms with van der Waals surface area (Å²) < 4.78 is 28.6. The van der Waals surface area contributed by atoms with Crippen molar-refractivity contribution in [2.24, 2.45) is 5.92 Å². The Morgan fingerprint density at radius 1 is 0.543 bits per heavy atom. The van der Waals surface area contributed by atoms with Crippen molar-refractivity contribution in [2.45, 2.75) is 195 Å². The Labute approximate surface area is 511 Å². The second-order valence-electron chi connectivity index (χ2n) is 18.6. The van der Waals surface area contributed by atoms with Crippen molar-refractivity contribution < 1.29 is 119 Å². The van der Waals surface area contributed by atoms with E-state index in [0.29, 0.717) is 6.42 Å². The lowest BCUT2D eigenvalue weighted by Crippen LogP contribution is -2.66. The van der Waals surface area contributed by atoms with Gasteiger partial charge in [0.2, 0.25) is 0 Å². The van der Waals surface area contributed by atoms with Crippen LogP contribution in [0.2, 0.25) is 0 Å². The largest absolute Gasteiger partial charge is 0.396 e. The highest BCUT2D eigenvalue weighted by Crippen LogP contribution is 2.35. The molecule has 3 aliphatic rings. The average Bonchev–Trinajstić information content (AvgIpc) is 0.783. The third-order valence-corrected chi connectivity index (χ3v) is 12.7. The van der Waals surface area contributed by atoms with Crippen LogP contribution in [0.4, 0.5) is 0 Å². The van der Waals surface area contributed by atoms with Crippen molar-refractivity contribution in [1.82, 2.24) is 5.32 Å². The van der Waals surface area contributed by atoms with Gasteiger partial charge in [-0.3, -0.25) is 4.79 Å². The molecule has 3 rings (SSSR count). The van der Waals surface area contributed by atoms with E-state index in [4.69, 9.17) is 23.7 Å². The molecule has 12 N–H and O–H groups in total. The van der Waals surface area contributed by atoms with Gasteiger partial charge in [0.05, 0.1) is 44.2 Å². The van der Waals surface area contributed by atoms with E-state index in [1.165, 1.54) is 51.0 Å². The summed E-state index contributed by atoms with van der Waals surface area (Å²) in [6.07, 6.45) is -8.46. The minimum atomic E-state index is -1.96. The number of rotatable bonds is 25. The first-order valence-electron chi connectivity index (χ1n) is 26.7. The molecule has 17 atom stereocenters. The van der Waals surface area contributed by atoms with E-state index in [9.17, 15) is 61.0 Å². The van der Waals surface area contributed by atoms with Crippen LogP contribution in [0.15, 0.2) is 12.2 Å². The van der Waals surface area contributed by atoms with E-state index in [2.05, 4.69) is 154 Å². The zero-order valence-corrected chi connectivity index (χ0v) is 45.4. The lowest BCUT2D eigenvalue weighted by molar-refractivity contribution is -0.370. The molecule has 0 bridgehead atoms. The number of carbonyl (C=O) groups is 1. The van der Waals surface area contributed by atoms with Gasteiger partial charge in [-0.25, -0.2) is 0 Å². The van der Waals surface area contributed by atoms with Gasteiger partial charge in [-0.15, -0.1) is 0 Å². The molecule has 0 aromatic rings. The molecule has 15 unspecified atom stereocenters. The lowest BCUT2D eigenvalue weighted by Gasteiger charge is -2.48. The number of unbranched alkanes of at least 4 members (excludes halogenated alkanes) is 11. The molecule has 2 heterocycles. The van der Waals surface area contributed by atoms with Crippen LogP contribution in [0.25, 0.3) is 0 Å². The van der Waals surface area contributed by atoms with Crippen LogP contribution in [0.1, 0.15) is 132 Å². The molecule has 2 saturated heterocycles. The maximum absolute atomic E-state index is 13.0. The number of aliphatic hydroxyl groups is 11. The maximum atomic E-state index is 13.0. The van der Waals surface area contributed by atoms with Crippen molar-refractivity contribution in [3.05, 3.63) is 12.2 Å². The highest BCUT2D eigenvalue weighted by atomic mass is 16.7. The van der Waals surface area contributed by atoms with Crippen molar-refractivity contribution >= 4 is 5.91 Å². The molecule has 18 nitrogen and oxygen atoms in total. The van der Waals surface area contributed by atoms with Crippen LogP contribution in [-0.2, 0) is 28.5 Å². The first-order valence-corrected chi connectivity index (χ1v) is 26.7. The van der Waals surface area contributed by atoms with Gasteiger partial charge in [0.1, 0.15) is 61.0 Å². The molecular weight excluding hydrogens is 1040 g/mol. The third kappa shape index (κ3) is 25.7. The normalized spacial score (nSPS) is 27.4. The third-order valence-electron chi connectivity index (χ3n) is 12.7. The Bertz CT molecular complexity index is 2900. The summed E-state index contributed by atoms with van der Waals surface area (Å²) >= 11 is 0. The summed E-state index contributed by atoms with van der Waals surface area (Å²) in [6, 6.07) is -1.14. The van der Waals surface area contributed by atoms with Gasteiger partial charge in [0.25, 0.3) is 5.91 Å². The zero-order valence-electron chi connectivity index (χ0n) is 45.4. The minimum Gasteiger partial charge on any atom is -0.396 e. The number of allylic oxidation sites excluding steroid dienone is 1. The van der Waals surface area contributed by atoms with E-state index in [1.807, 2.05) is 0 Å². The molecule has 0 radical (unpaired) electrons. The maximum Gasteiger partial charge on any atom is 0.297 e. The molecule has 478 valence electrons. The Kier molecular flexibility index (Phi) is 35.0. The van der Waals surface area contributed by atoms with Gasteiger partial charge < -0.3 is 85.2 Å². The Morgan fingerprint density at radius 3 is 1.47 bits per heavy atom. The molecule has 81 heavy (non-hydrogen) atoms. The van der Waals surface area contributed by atoms with Crippen molar-refractivity contribution in [3.8, 4) is 142 Å². The van der Waals surface area contributed by atoms with E-state index in [1.54, 1.807) is 13.0 Å². The zero-order chi connectivity index (χ0) is 59.0. The molecule has 0 spiro atoms. The monoisotopic (exact) mass is 1160 g/mol. The van der Waals surface area contributed by atoms with E-state index in [-0.39, 0.29) is 40.7 Å². The van der Waals surface area contributed by atoms with Gasteiger partial charge in [0, 0.05) is 88.2 Å². The highest BCUT2D eigenvalue weighted by molar-refractivity contribution is 5.94. The number of ether oxygens (including phenoxy) is 5. The fourth-order valence-electron chi connectivity index (χ4n) is 8.35. The smallest absolute Gasteiger partial charge is 0.297 e. The van der Waals surface area contributed by atoms with Crippen molar-refractivity contribution in [2.75, 3.05) is 26.4 Å². The summed E-state index contributed by atoms with van der Waals surface area (Å²) in [5.74, 6) is 57.6. The number of hydrogen-bond donors (Lipinski definition) is 12. The molecule has 0 aromatic heterocycles. The number of hydrogen-bond acceptors (Lipinski definition) is 17. The highest BCUT2D eigenvalue weighted by Gasteiger charge is 2.53. The first kappa shape index (κ1) is 68.6. The SMILES string of the molecule is CC#CC#CC#CC#CC#CC#CC#CC#CC#CC#CC#CC#CC(=O)N[C@@H](COC1CC(CO)C(OC2OC(CO)C(O)C(OC3OC(CO)C(O)C(O)C3O)C2O)C(O)C1O)[C@H](O)/C=C/CCCCCCCCCCCCC.[HH].[HH].[HH].[HH].[HH].[HH].[HH].[HH].[HH].[HH].[HH].[HH].[HH].[HH].[HH].[HH].[HH].[HH].[HH].[HH].[HH].[HH].[HH].[HH]. The number of nitrogens with one attached hydrogen (secondary N) is 1. The van der Waals surface area contributed by atoms with E-state index >= 15 is 0 Å². The van der Waals surface area contributed by atoms with Crippen LogP contribution in [-0.4, -0.2) is 186 Å².